The van der Waals surface area contributed by atoms with Gasteiger partial charge in [0.2, 0.25) is 5.91 Å². The van der Waals surface area contributed by atoms with Gasteiger partial charge in [0.1, 0.15) is 24.7 Å². The molecule has 33 heavy (non-hydrogen) atoms. The summed E-state index contributed by atoms with van der Waals surface area (Å²) in [4.78, 5) is 12.4. The first-order valence-electron chi connectivity index (χ1n) is 10.8. The molecule has 0 heterocycles. The van der Waals surface area contributed by atoms with E-state index in [9.17, 15) is 4.79 Å². The summed E-state index contributed by atoms with van der Waals surface area (Å²) >= 11 is 0. The van der Waals surface area contributed by atoms with Crippen molar-refractivity contribution in [3.63, 3.8) is 0 Å². The fourth-order valence-corrected chi connectivity index (χ4v) is 3.20. The highest BCUT2D eigenvalue weighted by atomic mass is 16.5. The molecule has 0 atom stereocenters. The van der Waals surface area contributed by atoms with Crippen LogP contribution in [0.1, 0.15) is 11.1 Å². The molecular formula is C28H26N2O3. The zero-order chi connectivity index (χ0) is 22.7. The molecule has 0 bridgehead atoms. The minimum Gasteiger partial charge on any atom is -0.489 e. The third-order valence-corrected chi connectivity index (χ3v) is 4.92. The van der Waals surface area contributed by atoms with Gasteiger partial charge in [-0.15, -0.1) is 0 Å². The lowest BCUT2D eigenvalue weighted by Gasteiger charge is -2.11. The van der Waals surface area contributed by atoms with Crippen molar-refractivity contribution in [1.29, 1.82) is 0 Å². The molecule has 2 N–H and O–H groups in total. The zero-order valence-corrected chi connectivity index (χ0v) is 18.2. The number of nitrogens with one attached hydrogen (secondary N) is 2. The fraction of sp³-hybridized carbons (Fsp3) is 0.107. The van der Waals surface area contributed by atoms with Crippen LogP contribution in [0.5, 0.6) is 11.5 Å². The topological polar surface area (TPSA) is 59.6 Å². The van der Waals surface area contributed by atoms with Crippen molar-refractivity contribution in [2.45, 2.75) is 13.2 Å². The summed E-state index contributed by atoms with van der Waals surface area (Å²) in [5.74, 6) is 1.34. The predicted octanol–water partition coefficient (Wildman–Crippen LogP) is 5.90. The van der Waals surface area contributed by atoms with Gasteiger partial charge in [-0.3, -0.25) is 4.79 Å². The maximum atomic E-state index is 12.4. The number of carbonyl (C=O) groups is 1. The molecule has 4 aromatic rings. The number of hydrogen-bond donors (Lipinski definition) is 2. The average molecular weight is 439 g/mol. The Morgan fingerprint density at radius 2 is 1.21 bits per heavy atom. The van der Waals surface area contributed by atoms with E-state index >= 15 is 0 Å². The van der Waals surface area contributed by atoms with Gasteiger partial charge in [-0.25, -0.2) is 0 Å². The highest BCUT2D eigenvalue weighted by Gasteiger charge is 2.05. The molecule has 5 heteroatoms. The van der Waals surface area contributed by atoms with Gasteiger partial charge in [0.25, 0.3) is 0 Å². The molecule has 0 aliphatic heterocycles. The molecule has 4 aromatic carbocycles. The summed E-state index contributed by atoms with van der Waals surface area (Å²) in [5, 5.41) is 6.02. The largest absolute Gasteiger partial charge is 0.489 e. The lowest BCUT2D eigenvalue weighted by Crippen LogP contribution is -2.21. The van der Waals surface area contributed by atoms with Crippen LogP contribution in [-0.4, -0.2) is 12.5 Å². The first-order valence-corrected chi connectivity index (χ1v) is 10.8. The first kappa shape index (κ1) is 22.0. The van der Waals surface area contributed by atoms with Gasteiger partial charge >= 0.3 is 0 Å². The molecule has 0 aliphatic carbocycles. The van der Waals surface area contributed by atoms with E-state index < -0.39 is 0 Å². The van der Waals surface area contributed by atoms with E-state index in [-0.39, 0.29) is 12.5 Å². The Morgan fingerprint density at radius 1 is 0.606 bits per heavy atom. The third-order valence-electron chi connectivity index (χ3n) is 4.92. The summed E-state index contributed by atoms with van der Waals surface area (Å²) in [6.07, 6.45) is 0. The van der Waals surface area contributed by atoms with E-state index in [1.165, 1.54) is 0 Å². The maximum absolute atomic E-state index is 12.4. The quantitative estimate of drug-likeness (QED) is 0.324. The Morgan fingerprint density at radius 3 is 1.85 bits per heavy atom. The Balaban J connectivity index is 1.22. The van der Waals surface area contributed by atoms with E-state index in [0.29, 0.717) is 24.7 Å². The highest BCUT2D eigenvalue weighted by molar-refractivity contribution is 5.93. The van der Waals surface area contributed by atoms with E-state index in [0.717, 1.165) is 22.6 Å². The van der Waals surface area contributed by atoms with Crippen LogP contribution in [0.4, 0.5) is 11.4 Å². The second-order valence-electron chi connectivity index (χ2n) is 7.50. The molecule has 4 rings (SSSR count). The van der Waals surface area contributed by atoms with Gasteiger partial charge in [0, 0.05) is 17.4 Å². The molecule has 0 aromatic heterocycles. The van der Waals surface area contributed by atoms with Crippen LogP contribution in [-0.2, 0) is 18.0 Å². The molecule has 0 fully saturated rings. The van der Waals surface area contributed by atoms with Gasteiger partial charge in [-0.1, -0.05) is 66.7 Å². The van der Waals surface area contributed by atoms with Gasteiger partial charge < -0.3 is 20.1 Å². The lowest BCUT2D eigenvalue weighted by atomic mass is 10.2. The highest BCUT2D eigenvalue weighted by Crippen LogP contribution is 2.19. The summed E-state index contributed by atoms with van der Waals surface area (Å²) in [6.45, 7) is 1.15. The summed E-state index contributed by atoms with van der Waals surface area (Å²) in [5.41, 5.74) is 3.74. The summed E-state index contributed by atoms with van der Waals surface area (Å²) < 4.78 is 11.6. The van der Waals surface area contributed by atoms with Crippen molar-refractivity contribution in [1.82, 2.24) is 0 Å². The van der Waals surface area contributed by atoms with E-state index in [1.807, 2.05) is 109 Å². The Labute approximate surface area is 194 Å². The molecule has 0 saturated carbocycles. The second kappa shape index (κ2) is 11.4. The van der Waals surface area contributed by atoms with Crippen molar-refractivity contribution in [3.05, 3.63) is 120 Å². The molecule has 0 radical (unpaired) electrons. The van der Waals surface area contributed by atoms with Crippen molar-refractivity contribution >= 4 is 17.3 Å². The van der Waals surface area contributed by atoms with Gasteiger partial charge in [0.05, 0.1) is 6.54 Å². The van der Waals surface area contributed by atoms with Crippen molar-refractivity contribution in [3.8, 4) is 11.5 Å². The molecule has 0 saturated heterocycles. The minimum absolute atomic E-state index is 0.139. The number of rotatable bonds is 10. The van der Waals surface area contributed by atoms with Crippen molar-refractivity contribution < 1.29 is 14.3 Å². The number of ether oxygens (including phenoxy) is 2. The number of benzene rings is 4. The predicted molar refractivity (Wildman–Crippen MR) is 132 cm³/mol. The van der Waals surface area contributed by atoms with Crippen molar-refractivity contribution in [2.24, 2.45) is 0 Å². The van der Waals surface area contributed by atoms with Crippen LogP contribution >= 0.6 is 0 Å². The minimum atomic E-state index is -0.139. The maximum Gasteiger partial charge on any atom is 0.243 e. The molecule has 166 valence electrons. The first-order chi connectivity index (χ1) is 16.2. The number of anilines is 2. The molecule has 0 unspecified atom stereocenters. The van der Waals surface area contributed by atoms with Crippen LogP contribution in [0.2, 0.25) is 0 Å². The van der Waals surface area contributed by atoms with Crippen LogP contribution in [0, 0.1) is 0 Å². The number of carbonyl (C=O) groups excluding carboxylic acids is 1. The Bertz CT molecular complexity index is 1150. The smallest absolute Gasteiger partial charge is 0.243 e. The standard InChI is InChI=1S/C28H26N2O3/c31-28(30-25-12-7-13-27(18-25)33-21-23-10-5-2-6-11-23)19-29-24-14-16-26(17-15-24)32-20-22-8-3-1-4-9-22/h1-18,29H,19-21H2,(H,30,31). The SMILES string of the molecule is O=C(CNc1ccc(OCc2ccccc2)cc1)Nc1cccc(OCc2ccccc2)c1. The van der Waals surface area contributed by atoms with Crippen LogP contribution < -0.4 is 20.1 Å². The third kappa shape index (κ3) is 7.14. The molecule has 5 nitrogen and oxygen atoms in total. The second-order valence-corrected chi connectivity index (χ2v) is 7.50. The average Bonchev–Trinajstić information content (AvgIpc) is 2.87. The van der Waals surface area contributed by atoms with E-state index in [4.69, 9.17) is 9.47 Å². The normalized spacial score (nSPS) is 10.3. The van der Waals surface area contributed by atoms with Crippen molar-refractivity contribution in [2.75, 3.05) is 17.2 Å². The molecule has 0 aliphatic rings. The Kier molecular flexibility index (Phi) is 7.58. The monoisotopic (exact) mass is 438 g/mol. The molecule has 1 amide bonds. The van der Waals surface area contributed by atoms with Crippen LogP contribution in [0.3, 0.4) is 0 Å². The van der Waals surface area contributed by atoms with Gasteiger partial charge in [-0.05, 0) is 47.5 Å². The zero-order valence-electron chi connectivity index (χ0n) is 18.2. The number of hydrogen-bond acceptors (Lipinski definition) is 4. The van der Waals surface area contributed by atoms with E-state index in [1.54, 1.807) is 0 Å². The van der Waals surface area contributed by atoms with Gasteiger partial charge in [0.15, 0.2) is 0 Å². The molecule has 0 spiro atoms. The Hall–Kier alpha value is -4.25. The molecular weight excluding hydrogens is 412 g/mol. The van der Waals surface area contributed by atoms with E-state index in [2.05, 4.69) is 10.6 Å². The summed E-state index contributed by atoms with van der Waals surface area (Å²) in [7, 11) is 0. The summed E-state index contributed by atoms with van der Waals surface area (Å²) in [6, 6.07) is 34.9. The van der Waals surface area contributed by atoms with Crippen LogP contribution in [0.25, 0.3) is 0 Å². The lowest BCUT2D eigenvalue weighted by molar-refractivity contribution is -0.114. The van der Waals surface area contributed by atoms with Crippen LogP contribution in [0.15, 0.2) is 109 Å². The van der Waals surface area contributed by atoms with Gasteiger partial charge in [-0.2, -0.15) is 0 Å². The fourth-order valence-electron chi connectivity index (χ4n) is 3.20. The number of amides is 1.